The van der Waals surface area contributed by atoms with E-state index in [0.717, 1.165) is 5.56 Å². The molecule has 0 unspecified atom stereocenters. The molecule has 1 radical (unpaired) electrons. The normalized spacial score (nSPS) is 13.9. The second-order valence-electron chi connectivity index (χ2n) is 3.76. The van der Waals surface area contributed by atoms with Crippen LogP contribution in [0.3, 0.4) is 0 Å². The molecule has 0 aliphatic heterocycles. The van der Waals surface area contributed by atoms with Crippen molar-refractivity contribution in [3.63, 3.8) is 0 Å². The molecule has 0 fully saturated rings. The van der Waals surface area contributed by atoms with Crippen molar-refractivity contribution < 1.29 is 9.47 Å². The molecular weight excluding hydrogens is 212 g/mol. The van der Waals surface area contributed by atoms with E-state index in [-0.39, 0.29) is 6.10 Å². The fourth-order valence-corrected chi connectivity index (χ4v) is 1.26. The smallest absolute Gasteiger partial charge is 0.163 e. The zero-order chi connectivity index (χ0) is 11.5. The third kappa shape index (κ3) is 3.82. The Hall–Kier alpha value is -0.570. The van der Waals surface area contributed by atoms with E-state index in [4.69, 9.17) is 21.1 Å². The van der Waals surface area contributed by atoms with Gasteiger partial charge in [0.2, 0.25) is 0 Å². The van der Waals surface area contributed by atoms with E-state index in [2.05, 4.69) is 6.92 Å². The number of rotatable bonds is 4. The number of benzene rings is 1. The standard InChI is InChI=1S/C12H16ClO2/c1-9(15-12(2,3)14-4)10-5-7-11(13)8-6-10/h5-9H,1H2,2-4H3/t9-/m1/s1. The lowest BCUT2D eigenvalue weighted by molar-refractivity contribution is -0.216. The molecule has 0 N–H and O–H groups in total. The van der Waals surface area contributed by atoms with Crippen LogP contribution in [-0.2, 0) is 9.47 Å². The van der Waals surface area contributed by atoms with E-state index in [1.165, 1.54) is 0 Å². The first kappa shape index (κ1) is 12.5. The third-order valence-corrected chi connectivity index (χ3v) is 2.41. The second kappa shape index (κ2) is 4.97. The summed E-state index contributed by atoms with van der Waals surface area (Å²) in [6.45, 7) is 7.62. The van der Waals surface area contributed by atoms with Crippen LogP contribution in [0.25, 0.3) is 0 Å². The third-order valence-electron chi connectivity index (χ3n) is 2.16. The lowest BCUT2D eigenvalue weighted by atomic mass is 10.1. The Balaban J connectivity index is 2.69. The van der Waals surface area contributed by atoms with Crippen LogP contribution in [0.4, 0.5) is 0 Å². The molecule has 1 aromatic rings. The summed E-state index contributed by atoms with van der Waals surface area (Å²) in [7, 11) is 1.61. The summed E-state index contributed by atoms with van der Waals surface area (Å²) in [5.41, 5.74) is 0.976. The van der Waals surface area contributed by atoms with Crippen LogP contribution in [0.5, 0.6) is 0 Å². The van der Waals surface area contributed by atoms with Gasteiger partial charge in [0.05, 0.1) is 6.10 Å². The maximum absolute atomic E-state index is 5.79. The molecule has 83 valence electrons. The Morgan fingerprint density at radius 1 is 1.27 bits per heavy atom. The molecule has 1 rings (SSSR count). The Morgan fingerprint density at radius 2 is 1.80 bits per heavy atom. The fraction of sp³-hybridized carbons (Fsp3) is 0.417. The van der Waals surface area contributed by atoms with Crippen LogP contribution in [0.2, 0.25) is 5.02 Å². The lowest BCUT2D eigenvalue weighted by Gasteiger charge is -2.27. The first-order chi connectivity index (χ1) is 6.94. The summed E-state index contributed by atoms with van der Waals surface area (Å²) in [6.07, 6.45) is -0.266. The average Bonchev–Trinajstić information content (AvgIpc) is 2.18. The quantitative estimate of drug-likeness (QED) is 0.732. The van der Waals surface area contributed by atoms with Crippen LogP contribution in [0.15, 0.2) is 24.3 Å². The van der Waals surface area contributed by atoms with Gasteiger partial charge in [0.15, 0.2) is 5.79 Å². The van der Waals surface area contributed by atoms with Gasteiger partial charge in [0.1, 0.15) is 0 Å². The lowest BCUT2D eigenvalue weighted by Crippen LogP contribution is -2.28. The Kier molecular flexibility index (Phi) is 4.14. The van der Waals surface area contributed by atoms with E-state index >= 15 is 0 Å². The van der Waals surface area contributed by atoms with Crippen molar-refractivity contribution >= 4 is 11.6 Å². The van der Waals surface area contributed by atoms with Crippen molar-refractivity contribution in [2.24, 2.45) is 0 Å². The van der Waals surface area contributed by atoms with E-state index in [1.54, 1.807) is 7.11 Å². The minimum atomic E-state index is -0.633. The Morgan fingerprint density at radius 3 is 2.27 bits per heavy atom. The molecular formula is C12H16ClO2. The van der Waals surface area contributed by atoms with E-state index < -0.39 is 5.79 Å². The van der Waals surface area contributed by atoms with Gasteiger partial charge < -0.3 is 9.47 Å². The Labute approximate surface area is 96.2 Å². The molecule has 0 amide bonds. The van der Waals surface area contributed by atoms with Crippen molar-refractivity contribution in [2.75, 3.05) is 7.11 Å². The SMILES string of the molecule is [CH2][C@@H](OC(C)(C)OC)c1ccc(Cl)cc1. The van der Waals surface area contributed by atoms with Crippen molar-refractivity contribution in [1.29, 1.82) is 0 Å². The zero-order valence-electron chi connectivity index (χ0n) is 9.29. The van der Waals surface area contributed by atoms with Crippen LogP contribution < -0.4 is 0 Å². The largest absolute Gasteiger partial charge is 0.354 e. The highest BCUT2D eigenvalue weighted by atomic mass is 35.5. The number of methoxy groups -OCH3 is 1. The molecule has 0 saturated carbocycles. The number of hydrogen-bond acceptors (Lipinski definition) is 2. The van der Waals surface area contributed by atoms with Crippen molar-refractivity contribution in [2.45, 2.75) is 25.7 Å². The monoisotopic (exact) mass is 227 g/mol. The molecule has 0 bridgehead atoms. The predicted molar refractivity (Wildman–Crippen MR) is 61.7 cm³/mol. The Bertz CT molecular complexity index is 306. The first-order valence-electron chi connectivity index (χ1n) is 4.76. The molecule has 15 heavy (non-hydrogen) atoms. The molecule has 1 aromatic carbocycles. The summed E-state index contributed by atoms with van der Waals surface area (Å²) in [5, 5.41) is 0.706. The van der Waals surface area contributed by atoms with Crippen LogP contribution in [0, 0.1) is 6.92 Å². The van der Waals surface area contributed by atoms with Gasteiger partial charge in [-0.15, -0.1) is 0 Å². The predicted octanol–water partition coefficient (Wildman–Crippen LogP) is 3.61. The number of ether oxygens (including phenoxy) is 2. The van der Waals surface area contributed by atoms with Gasteiger partial charge >= 0.3 is 0 Å². The number of halogens is 1. The second-order valence-corrected chi connectivity index (χ2v) is 4.20. The van der Waals surface area contributed by atoms with Crippen LogP contribution >= 0.6 is 11.6 Å². The average molecular weight is 228 g/mol. The molecule has 0 heterocycles. The molecule has 0 aromatic heterocycles. The van der Waals surface area contributed by atoms with E-state index in [0.29, 0.717) is 5.02 Å². The minimum absolute atomic E-state index is 0.266. The maximum Gasteiger partial charge on any atom is 0.163 e. The highest BCUT2D eigenvalue weighted by molar-refractivity contribution is 6.30. The number of hydrogen-bond donors (Lipinski definition) is 0. The summed E-state index contributed by atoms with van der Waals surface area (Å²) in [4.78, 5) is 0. The molecule has 1 atom stereocenters. The topological polar surface area (TPSA) is 18.5 Å². The van der Waals surface area contributed by atoms with Gasteiger partial charge in [0, 0.05) is 12.1 Å². The van der Waals surface area contributed by atoms with Crippen molar-refractivity contribution in [3.05, 3.63) is 41.8 Å². The van der Waals surface area contributed by atoms with Gasteiger partial charge in [-0.25, -0.2) is 0 Å². The minimum Gasteiger partial charge on any atom is -0.354 e. The summed E-state index contributed by atoms with van der Waals surface area (Å²) in [6, 6.07) is 7.42. The van der Waals surface area contributed by atoms with E-state index in [9.17, 15) is 0 Å². The molecule has 0 aliphatic rings. The van der Waals surface area contributed by atoms with E-state index in [1.807, 2.05) is 38.1 Å². The summed E-state index contributed by atoms with van der Waals surface area (Å²) >= 11 is 5.79. The highest BCUT2D eigenvalue weighted by Crippen LogP contribution is 2.24. The van der Waals surface area contributed by atoms with Gasteiger partial charge in [-0.05, 0) is 38.5 Å². The molecule has 0 saturated heterocycles. The van der Waals surface area contributed by atoms with Gasteiger partial charge in [-0.2, -0.15) is 0 Å². The summed E-state index contributed by atoms with van der Waals surface area (Å²) in [5.74, 6) is -0.633. The van der Waals surface area contributed by atoms with Crippen molar-refractivity contribution in [1.82, 2.24) is 0 Å². The van der Waals surface area contributed by atoms with Crippen molar-refractivity contribution in [3.8, 4) is 0 Å². The molecule has 0 aliphatic carbocycles. The van der Waals surface area contributed by atoms with Crippen LogP contribution in [-0.4, -0.2) is 12.9 Å². The van der Waals surface area contributed by atoms with Gasteiger partial charge in [-0.3, -0.25) is 0 Å². The molecule has 0 spiro atoms. The molecule has 3 heteroatoms. The fourth-order valence-electron chi connectivity index (χ4n) is 1.14. The molecule has 2 nitrogen and oxygen atoms in total. The first-order valence-corrected chi connectivity index (χ1v) is 5.14. The zero-order valence-corrected chi connectivity index (χ0v) is 10.0. The summed E-state index contributed by atoms with van der Waals surface area (Å²) < 4.78 is 10.8. The maximum atomic E-state index is 5.79. The highest BCUT2D eigenvalue weighted by Gasteiger charge is 2.21. The van der Waals surface area contributed by atoms with Gasteiger partial charge in [-0.1, -0.05) is 23.7 Å². The van der Waals surface area contributed by atoms with Gasteiger partial charge in [0.25, 0.3) is 0 Å². The van der Waals surface area contributed by atoms with Crippen LogP contribution in [0.1, 0.15) is 25.5 Å².